The minimum Gasteiger partial charge on any atom is -0.457 e. The van der Waals surface area contributed by atoms with Crippen LogP contribution in [0.1, 0.15) is 5.56 Å². The molecule has 37 heavy (non-hydrogen) atoms. The highest BCUT2D eigenvalue weighted by Crippen LogP contribution is 2.30. The molecule has 1 aliphatic heterocycles. The van der Waals surface area contributed by atoms with Crippen molar-refractivity contribution in [2.24, 2.45) is 0 Å². The summed E-state index contributed by atoms with van der Waals surface area (Å²) in [6.45, 7) is 0. The maximum Gasteiger partial charge on any atom is 0.306 e. The van der Waals surface area contributed by atoms with Crippen LogP contribution in [0.25, 0.3) is 6.08 Å². The van der Waals surface area contributed by atoms with Crippen molar-refractivity contribution in [3.8, 4) is 17.2 Å². The number of carbonyl (C=O) groups excluding carboxylic acids is 2. The van der Waals surface area contributed by atoms with Gasteiger partial charge in [0.2, 0.25) is 0 Å². The average molecular weight is 540 g/mol. The number of nitrogens with zero attached hydrogens (tertiary/aromatic N) is 2. The van der Waals surface area contributed by atoms with Crippen LogP contribution in [0.3, 0.4) is 0 Å². The van der Waals surface area contributed by atoms with Crippen LogP contribution in [0.15, 0.2) is 78.4 Å². The average Bonchev–Trinajstić information content (AvgIpc) is 2.83. The number of nitro groups is 1. The van der Waals surface area contributed by atoms with Crippen molar-refractivity contribution >= 4 is 56.7 Å². The van der Waals surface area contributed by atoms with E-state index in [4.69, 9.17) is 21.1 Å². The van der Waals surface area contributed by atoms with E-state index in [1.165, 1.54) is 0 Å². The van der Waals surface area contributed by atoms with Gasteiger partial charge in [-0.3, -0.25) is 29.9 Å². The van der Waals surface area contributed by atoms with Crippen LogP contribution in [0.2, 0.25) is 0 Å². The summed E-state index contributed by atoms with van der Waals surface area (Å²) in [7, 11) is -4.02. The standard InChI is InChI=1S/C24H17N3O8S2/c1-37(32,33)35-21-12-9-17(27(30)31)13-15(21)14-20-22(28)25-24(36)26(23(20)29)16-7-10-19(11-8-16)34-18-5-3-2-4-6-18/h2-14H,1H3,(H,25,28,36). The van der Waals surface area contributed by atoms with Gasteiger partial charge in [0, 0.05) is 17.7 Å². The number of anilines is 1. The Bertz CT molecular complexity index is 1550. The van der Waals surface area contributed by atoms with Crippen LogP contribution in [-0.4, -0.2) is 36.5 Å². The summed E-state index contributed by atoms with van der Waals surface area (Å²) in [6, 6.07) is 18.5. The molecule has 0 aromatic heterocycles. The lowest BCUT2D eigenvalue weighted by Crippen LogP contribution is -2.54. The molecular formula is C24H17N3O8S2. The minimum absolute atomic E-state index is 0.169. The molecule has 1 aliphatic rings. The lowest BCUT2D eigenvalue weighted by atomic mass is 10.1. The van der Waals surface area contributed by atoms with E-state index in [1.807, 2.05) is 18.2 Å². The van der Waals surface area contributed by atoms with Crippen LogP contribution in [0, 0.1) is 10.1 Å². The Hall–Kier alpha value is -4.62. The van der Waals surface area contributed by atoms with Gasteiger partial charge < -0.3 is 8.92 Å². The molecule has 0 radical (unpaired) electrons. The molecule has 0 atom stereocenters. The second-order valence-corrected chi connectivity index (χ2v) is 9.60. The Balaban J connectivity index is 1.69. The highest BCUT2D eigenvalue weighted by Gasteiger charge is 2.35. The van der Waals surface area contributed by atoms with E-state index in [1.54, 1.807) is 36.4 Å². The summed E-state index contributed by atoms with van der Waals surface area (Å²) in [5.41, 5.74) is -0.708. The number of nitrogens with one attached hydrogen (secondary N) is 1. The molecule has 0 bridgehead atoms. The van der Waals surface area contributed by atoms with Crippen molar-refractivity contribution in [2.75, 3.05) is 11.2 Å². The first-order valence-electron chi connectivity index (χ1n) is 10.4. The van der Waals surface area contributed by atoms with Crippen LogP contribution < -0.4 is 19.1 Å². The van der Waals surface area contributed by atoms with Crippen molar-refractivity contribution in [1.29, 1.82) is 0 Å². The van der Waals surface area contributed by atoms with Gasteiger partial charge in [0.15, 0.2) is 5.11 Å². The number of ether oxygens (including phenoxy) is 1. The molecule has 0 unspecified atom stereocenters. The number of non-ortho nitro benzene ring substituents is 1. The third-order valence-electron chi connectivity index (χ3n) is 4.92. The number of thiocarbonyl (C=S) groups is 1. The summed E-state index contributed by atoms with van der Waals surface area (Å²) >= 11 is 5.19. The van der Waals surface area contributed by atoms with Gasteiger partial charge in [-0.2, -0.15) is 8.42 Å². The van der Waals surface area contributed by atoms with Crippen LogP contribution in [0.5, 0.6) is 17.2 Å². The van der Waals surface area contributed by atoms with E-state index in [-0.39, 0.29) is 16.4 Å². The fraction of sp³-hybridized carbons (Fsp3) is 0.0417. The van der Waals surface area contributed by atoms with Crippen molar-refractivity contribution in [2.45, 2.75) is 0 Å². The molecule has 1 saturated heterocycles. The molecule has 0 spiro atoms. The number of amides is 2. The van der Waals surface area contributed by atoms with E-state index < -0.39 is 38.1 Å². The van der Waals surface area contributed by atoms with Gasteiger partial charge in [-0.15, -0.1) is 0 Å². The number of hydrogen-bond acceptors (Lipinski definition) is 9. The molecule has 4 rings (SSSR count). The largest absolute Gasteiger partial charge is 0.457 e. The summed E-state index contributed by atoms with van der Waals surface area (Å²) in [5, 5.41) is 13.4. The van der Waals surface area contributed by atoms with Crippen LogP contribution in [-0.2, 0) is 19.7 Å². The summed E-state index contributed by atoms with van der Waals surface area (Å²) in [5.74, 6) is -0.900. The normalized spacial score (nSPS) is 14.9. The zero-order valence-electron chi connectivity index (χ0n) is 19.0. The predicted molar refractivity (Wildman–Crippen MR) is 138 cm³/mol. The minimum atomic E-state index is -4.02. The smallest absolute Gasteiger partial charge is 0.306 e. The molecule has 1 N–H and O–H groups in total. The maximum absolute atomic E-state index is 13.3. The zero-order chi connectivity index (χ0) is 26.7. The van der Waals surface area contributed by atoms with Gasteiger partial charge >= 0.3 is 10.1 Å². The third-order valence-corrected chi connectivity index (χ3v) is 5.69. The van der Waals surface area contributed by atoms with Crippen molar-refractivity contribution in [3.05, 3.63) is 94.0 Å². The van der Waals surface area contributed by atoms with Crippen LogP contribution in [0.4, 0.5) is 11.4 Å². The van der Waals surface area contributed by atoms with Gasteiger partial charge in [0.1, 0.15) is 22.8 Å². The number of carbonyl (C=O) groups is 2. The number of nitro benzene ring substituents is 1. The summed E-state index contributed by atoms with van der Waals surface area (Å²) < 4.78 is 33.9. The fourth-order valence-electron chi connectivity index (χ4n) is 3.34. The molecule has 13 heteroatoms. The monoisotopic (exact) mass is 539 g/mol. The molecule has 3 aromatic carbocycles. The number of benzene rings is 3. The SMILES string of the molecule is CS(=O)(=O)Oc1ccc([N+](=O)[O-])cc1C=C1C(=O)NC(=S)N(c2ccc(Oc3ccccc3)cc2)C1=O. The Morgan fingerprint density at radius 2 is 1.65 bits per heavy atom. The highest BCUT2D eigenvalue weighted by atomic mass is 32.2. The van der Waals surface area contributed by atoms with Gasteiger partial charge in [-0.05, 0) is 60.8 Å². The topological polar surface area (TPSA) is 145 Å². The lowest BCUT2D eigenvalue weighted by Gasteiger charge is -2.29. The van der Waals surface area contributed by atoms with E-state index in [2.05, 4.69) is 5.32 Å². The zero-order valence-corrected chi connectivity index (χ0v) is 20.6. The summed E-state index contributed by atoms with van der Waals surface area (Å²) in [4.78, 5) is 37.6. The first-order valence-corrected chi connectivity index (χ1v) is 12.7. The third kappa shape index (κ3) is 5.97. The molecular weight excluding hydrogens is 522 g/mol. The van der Waals surface area contributed by atoms with E-state index in [0.29, 0.717) is 17.2 Å². The highest BCUT2D eigenvalue weighted by molar-refractivity contribution is 7.86. The van der Waals surface area contributed by atoms with Crippen molar-refractivity contribution in [3.63, 3.8) is 0 Å². The fourth-order valence-corrected chi connectivity index (χ4v) is 4.10. The van der Waals surface area contributed by atoms with Crippen molar-refractivity contribution < 1.29 is 31.9 Å². The molecule has 0 saturated carbocycles. The second kappa shape index (κ2) is 10.2. The Kier molecular flexibility index (Phi) is 7.00. The molecule has 2 amide bonds. The van der Waals surface area contributed by atoms with Gasteiger partial charge in [-0.25, -0.2) is 0 Å². The lowest BCUT2D eigenvalue weighted by molar-refractivity contribution is -0.384. The number of para-hydroxylation sites is 1. The van der Waals surface area contributed by atoms with Crippen molar-refractivity contribution in [1.82, 2.24) is 5.32 Å². The van der Waals surface area contributed by atoms with E-state index >= 15 is 0 Å². The molecule has 3 aromatic rings. The first kappa shape index (κ1) is 25.5. The van der Waals surface area contributed by atoms with Crippen LogP contribution >= 0.6 is 12.2 Å². The Morgan fingerprint density at radius 3 is 2.27 bits per heavy atom. The molecule has 188 valence electrons. The second-order valence-electron chi connectivity index (χ2n) is 7.63. The number of hydrogen-bond donors (Lipinski definition) is 1. The quantitative estimate of drug-likeness (QED) is 0.119. The van der Waals surface area contributed by atoms with Gasteiger partial charge in [0.05, 0.1) is 16.9 Å². The molecule has 1 fully saturated rings. The number of rotatable bonds is 7. The Morgan fingerprint density at radius 1 is 1.00 bits per heavy atom. The van der Waals surface area contributed by atoms with E-state index in [9.17, 15) is 28.1 Å². The molecule has 1 heterocycles. The predicted octanol–water partition coefficient (Wildman–Crippen LogP) is 3.56. The van der Waals surface area contributed by atoms with Gasteiger partial charge in [-0.1, -0.05) is 18.2 Å². The maximum atomic E-state index is 13.3. The van der Waals surface area contributed by atoms with Gasteiger partial charge in [0.25, 0.3) is 17.5 Å². The summed E-state index contributed by atoms with van der Waals surface area (Å²) in [6.07, 6.45) is 1.79. The Labute approximate surface area is 216 Å². The van der Waals surface area contributed by atoms with E-state index in [0.717, 1.165) is 35.4 Å². The molecule has 0 aliphatic carbocycles. The first-order chi connectivity index (χ1) is 17.5. The molecule has 11 nitrogen and oxygen atoms in total.